The lowest BCUT2D eigenvalue weighted by Gasteiger charge is -2.02. The third-order valence-electron chi connectivity index (χ3n) is 3.17. The topological polar surface area (TPSA) is 132 Å². The van der Waals surface area contributed by atoms with Crippen LogP contribution in [-0.2, 0) is 0 Å². The second kappa shape index (κ2) is 11.2. The van der Waals surface area contributed by atoms with Crippen molar-refractivity contribution in [1.82, 2.24) is 0 Å². The molecular formula is C17H24O7. The van der Waals surface area contributed by atoms with E-state index in [-0.39, 0.29) is 5.56 Å². The first-order valence-corrected chi connectivity index (χ1v) is 7.65. The molecule has 0 amide bonds. The monoisotopic (exact) mass is 340 g/mol. The number of carboxylic acid groups (broad SMARTS) is 3. The summed E-state index contributed by atoms with van der Waals surface area (Å²) in [7, 11) is 0. The van der Waals surface area contributed by atoms with Crippen LogP contribution >= 0.6 is 0 Å². The van der Waals surface area contributed by atoms with E-state index in [1.54, 1.807) is 0 Å². The number of benzene rings is 1. The average Bonchev–Trinajstić information content (AvgIpc) is 2.51. The molecule has 0 bridgehead atoms. The normalized spacial score (nSPS) is 10.0. The van der Waals surface area contributed by atoms with Crippen LogP contribution < -0.4 is 0 Å². The smallest absolute Gasteiger partial charge is 0.336 e. The molecule has 0 aliphatic rings. The largest absolute Gasteiger partial charge is 0.478 e. The summed E-state index contributed by atoms with van der Waals surface area (Å²) < 4.78 is 0. The number of carbonyl (C=O) groups is 3. The van der Waals surface area contributed by atoms with E-state index in [2.05, 4.69) is 13.8 Å². The van der Waals surface area contributed by atoms with Crippen molar-refractivity contribution in [2.75, 3.05) is 6.61 Å². The fourth-order valence-electron chi connectivity index (χ4n) is 1.88. The molecule has 1 aromatic rings. The summed E-state index contributed by atoms with van der Waals surface area (Å²) in [6.45, 7) is 4.83. The first-order valence-electron chi connectivity index (χ1n) is 7.65. The van der Waals surface area contributed by atoms with Gasteiger partial charge >= 0.3 is 17.9 Å². The van der Waals surface area contributed by atoms with Crippen LogP contribution in [0.2, 0.25) is 0 Å². The Morgan fingerprint density at radius 1 is 0.875 bits per heavy atom. The number of aliphatic hydroxyl groups is 1. The number of carboxylic acids is 3. The van der Waals surface area contributed by atoms with Crippen molar-refractivity contribution < 1.29 is 34.8 Å². The highest BCUT2D eigenvalue weighted by Gasteiger charge is 2.17. The molecule has 24 heavy (non-hydrogen) atoms. The highest BCUT2D eigenvalue weighted by Crippen LogP contribution is 2.12. The lowest BCUT2D eigenvalue weighted by Crippen LogP contribution is -2.10. The Morgan fingerprint density at radius 2 is 1.46 bits per heavy atom. The molecular weight excluding hydrogens is 316 g/mol. The molecule has 0 aliphatic heterocycles. The molecule has 0 fully saturated rings. The summed E-state index contributed by atoms with van der Waals surface area (Å²) in [5, 5.41) is 34.3. The van der Waals surface area contributed by atoms with Crippen LogP contribution in [0.4, 0.5) is 0 Å². The van der Waals surface area contributed by atoms with Crippen LogP contribution in [0.15, 0.2) is 18.2 Å². The van der Waals surface area contributed by atoms with Crippen molar-refractivity contribution in [2.24, 2.45) is 5.92 Å². The quantitative estimate of drug-likeness (QED) is 0.535. The Labute approximate surface area is 140 Å². The molecule has 0 radical (unpaired) electrons. The van der Waals surface area contributed by atoms with Crippen LogP contribution in [0.3, 0.4) is 0 Å². The van der Waals surface area contributed by atoms with Crippen LogP contribution in [0.25, 0.3) is 0 Å². The van der Waals surface area contributed by atoms with Gasteiger partial charge in [0.1, 0.15) is 0 Å². The fraction of sp³-hybridized carbons (Fsp3) is 0.471. The summed E-state index contributed by atoms with van der Waals surface area (Å²) in [6, 6.07) is 2.81. The molecule has 7 nitrogen and oxygen atoms in total. The van der Waals surface area contributed by atoms with E-state index in [4.69, 9.17) is 20.4 Å². The predicted octanol–water partition coefficient (Wildman–Crippen LogP) is 2.98. The van der Waals surface area contributed by atoms with Gasteiger partial charge in [0, 0.05) is 6.61 Å². The van der Waals surface area contributed by atoms with Crippen LogP contribution in [0, 0.1) is 5.92 Å². The first-order chi connectivity index (χ1) is 11.2. The molecule has 1 aromatic carbocycles. The molecule has 0 saturated heterocycles. The van der Waals surface area contributed by atoms with Gasteiger partial charge in [-0.2, -0.15) is 0 Å². The summed E-state index contributed by atoms with van der Waals surface area (Å²) in [5.74, 6) is -3.38. The number of unbranched alkanes of at least 4 members (excludes halogenated alkanes) is 2. The van der Waals surface area contributed by atoms with Crippen LogP contribution in [0.1, 0.15) is 70.6 Å². The maximum absolute atomic E-state index is 10.6. The SMILES string of the molecule is CC(C)CCCCCO.O=C(O)c1ccc(C(=O)O)c(C(=O)O)c1. The van der Waals surface area contributed by atoms with Crippen molar-refractivity contribution in [3.05, 3.63) is 34.9 Å². The molecule has 0 aromatic heterocycles. The van der Waals surface area contributed by atoms with Gasteiger partial charge in [0.25, 0.3) is 0 Å². The minimum atomic E-state index is -1.48. The van der Waals surface area contributed by atoms with E-state index < -0.39 is 29.0 Å². The van der Waals surface area contributed by atoms with E-state index in [0.29, 0.717) is 6.61 Å². The second-order valence-electron chi connectivity index (χ2n) is 5.64. The summed E-state index contributed by atoms with van der Waals surface area (Å²) in [6.07, 6.45) is 4.75. The minimum Gasteiger partial charge on any atom is -0.478 e. The second-order valence-corrected chi connectivity index (χ2v) is 5.64. The standard InChI is InChI=1S/C9H6O6.C8H18O/c10-7(11)4-1-2-5(8(12)13)6(3-4)9(14)15;1-8(2)6-4-3-5-7-9/h1-3H,(H,10,11)(H,12,13)(H,14,15);8-9H,3-7H2,1-2H3. The van der Waals surface area contributed by atoms with Crippen molar-refractivity contribution in [2.45, 2.75) is 39.5 Å². The third kappa shape index (κ3) is 8.28. The molecule has 7 heteroatoms. The van der Waals surface area contributed by atoms with Crippen LogP contribution in [-0.4, -0.2) is 44.9 Å². The molecule has 4 N–H and O–H groups in total. The van der Waals surface area contributed by atoms with Crippen LogP contribution in [0.5, 0.6) is 0 Å². The van der Waals surface area contributed by atoms with E-state index in [1.807, 2.05) is 0 Å². The lowest BCUT2D eigenvalue weighted by molar-refractivity contribution is 0.0649. The van der Waals surface area contributed by atoms with E-state index in [0.717, 1.165) is 30.5 Å². The van der Waals surface area contributed by atoms with Gasteiger partial charge in [-0.05, 0) is 30.5 Å². The number of hydrogen-bond acceptors (Lipinski definition) is 4. The number of rotatable bonds is 8. The third-order valence-corrected chi connectivity index (χ3v) is 3.17. The van der Waals surface area contributed by atoms with Gasteiger partial charge < -0.3 is 20.4 Å². The molecule has 0 heterocycles. The zero-order chi connectivity index (χ0) is 18.7. The van der Waals surface area contributed by atoms with E-state index in [1.165, 1.54) is 19.3 Å². The zero-order valence-corrected chi connectivity index (χ0v) is 13.9. The van der Waals surface area contributed by atoms with Gasteiger partial charge in [-0.15, -0.1) is 0 Å². The minimum absolute atomic E-state index is 0.266. The van der Waals surface area contributed by atoms with Gasteiger partial charge in [-0.1, -0.05) is 33.1 Å². The lowest BCUT2D eigenvalue weighted by atomic mass is 10.0. The average molecular weight is 340 g/mol. The molecule has 0 spiro atoms. The Hall–Kier alpha value is -2.41. The Morgan fingerprint density at radius 3 is 1.88 bits per heavy atom. The van der Waals surface area contributed by atoms with E-state index in [9.17, 15) is 14.4 Å². The van der Waals surface area contributed by atoms with Gasteiger partial charge in [-0.25, -0.2) is 14.4 Å². The molecule has 134 valence electrons. The fourth-order valence-corrected chi connectivity index (χ4v) is 1.88. The van der Waals surface area contributed by atoms with Gasteiger partial charge in [0.05, 0.1) is 16.7 Å². The van der Waals surface area contributed by atoms with Gasteiger partial charge in [-0.3, -0.25) is 0 Å². The highest BCUT2D eigenvalue weighted by molar-refractivity contribution is 6.03. The maximum Gasteiger partial charge on any atom is 0.336 e. The molecule has 1 rings (SSSR count). The van der Waals surface area contributed by atoms with Crippen molar-refractivity contribution in [3.8, 4) is 0 Å². The molecule has 0 unspecified atom stereocenters. The molecule has 0 atom stereocenters. The van der Waals surface area contributed by atoms with Gasteiger partial charge in [0.15, 0.2) is 0 Å². The first kappa shape index (κ1) is 21.6. The van der Waals surface area contributed by atoms with Crippen molar-refractivity contribution >= 4 is 17.9 Å². The number of aromatic carboxylic acids is 3. The van der Waals surface area contributed by atoms with Crippen molar-refractivity contribution in [1.29, 1.82) is 0 Å². The Kier molecular flexibility index (Phi) is 10.1. The molecule has 0 saturated carbocycles. The Bertz CT molecular complexity index is 564. The van der Waals surface area contributed by atoms with Gasteiger partial charge in [0.2, 0.25) is 0 Å². The number of hydrogen-bond donors (Lipinski definition) is 4. The summed E-state index contributed by atoms with van der Waals surface area (Å²) >= 11 is 0. The van der Waals surface area contributed by atoms with E-state index >= 15 is 0 Å². The zero-order valence-electron chi connectivity index (χ0n) is 13.9. The Balaban J connectivity index is 0.000000506. The molecule has 0 aliphatic carbocycles. The highest BCUT2D eigenvalue weighted by atomic mass is 16.4. The summed E-state index contributed by atoms with van der Waals surface area (Å²) in [4.78, 5) is 31.8. The predicted molar refractivity (Wildman–Crippen MR) is 87.7 cm³/mol. The maximum atomic E-state index is 10.6. The number of aliphatic hydroxyl groups excluding tert-OH is 1. The van der Waals surface area contributed by atoms with Crippen molar-refractivity contribution in [3.63, 3.8) is 0 Å². The summed E-state index contributed by atoms with van der Waals surface area (Å²) in [5.41, 5.74) is -1.24.